The zero-order valence-electron chi connectivity index (χ0n) is 57.9. The van der Waals surface area contributed by atoms with Gasteiger partial charge in [0.1, 0.15) is 35.1 Å². The van der Waals surface area contributed by atoms with Crippen molar-refractivity contribution in [1.82, 2.24) is 51.1 Å². The van der Waals surface area contributed by atoms with E-state index in [1.54, 1.807) is 107 Å². The van der Waals surface area contributed by atoms with E-state index < -0.39 is 166 Å². The highest BCUT2D eigenvalue weighted by Crippen LogP contribution is 2.42. The Kier molecular flexibility index (Phi) is 21.8. The Labute approximate surface area is 560 Å². The lowest BCUT2D eigenvalue weighted by molar-refractivity contribution is -0.170. The Bertz CT molecular complexity index is 3450. The van der Waals surface area contributed by atoms with E-state index in [2.05, 4.69) is 32.1 Å². The molecule has 4 aliphatic rings. The van der Waals surface area contributed by atoms with E-state index in [1.807, 2.05) is 60.7 Å². The van der Waals surface area contributed by atoms with Crippen molar-refractivity contribution in [1.29, 1.82) is 0 Å². The molecule has 4 saturated heterocycles. The maximum Gasteiger partial charge on any atom is 0.318 e. The molecular formula is C70H94N12O14. The number of fused-ring (bicyclic) bond motifs is 4. The zero-order chi connectivity index (χ0) is 70.8. The first-order valence-electron chi connectivity index (χ1n) is 32.7. The number of likely N-dealkylation sites (tertiary alicyclic amines) is 4. The number of carbonyl (C=O) groups is 12. The Morgan fingerprint density at radius 2 is 0.812 bits per heavy atom. The fourth-order valence-corrected chi connectivity index (χ4v) is 13.7. The summed E-state index contributed by atoms with van der Waals surface area (Å²) in [6.07, 6.45) is 0.372. The van der Waals surface area contributed by atoms with Crippen LogP contribution >= 0.6 is 0 Å². The highest BCUT2D eigenvalue weighted by Gasteiger charge is 2.59. The monoisotopic (exact) mass is 1330 g/mol. The van der Waals surface area contributed by atoms with Crippen LogP contribution in [0.25, 0.3) is 21.5 Å². The van der Waals surface area contributed by atoms with Crippen molar-refractivity contribution in [2.24, 2.45) is 34.5 Å². The van der Waals surface area contributed by atoms with Gasteiger partial charge < -0.3 is 50.3 Å². The van der Waals surface area contributed by atoms with E-state index in [-0.39, 0.29) is 39.0 Å². The minimum Gasteiger partial charge on any atom is -0.459 e. The molecule has 4 aromatic rings. The molecule has 0 radical (unpaired) electrons. The van der Waals surface area contributed by atoms with Crippen molar-refractivity contribution >= 4 is 104 Å². The molecule has 0 bridgehead atoms. The lowest BCUT2D eigenvalue weighted by Crippen LogP contribution is -2.63. The molecule has 10 amide bonds. The van der Waals surface area contributed by atoms with Crippen LogP contribution in [0.2, 0.25) is 0 Å². The van der Waals surface area contributed by atoms with E-state index in [0.717, 1.165) is 31.6 Å². The normalized spacial score (nSPS) is 20.7. The highest BCUT2D eigenvalue weighted by atomic mass is 16.6. The van der Waals surface area contributed by atoms with Gasteiger partial charge in [-0.1, -0.05) is 114 Å². The average molecular weight is 1330 g/mol. The predicted octanol–water partition coefficient (Wildman–Crippen LogP) is 4.37. The summed E-state index contributed by atoms with van der Waals surface area (Å²) in [5.74, 6) is -13.9. The van der Waals surface area contributed by atoms with Crippen LogP contribution in [-0.4, -0.2) is 201 Å². The Morgan fingerprint density at radius 3 is 1.14 bits per heavy atom. The van der Waals surface area contributed by atoms with Crippen LogP contribution in [0.3, 0.4) is 0 Å². The first-order valence-corrected chi connectivity index (χ1v) is 32.7. The summed E-state index contributed by atoms with van der Waals surface area (Å²) in [5.41, 5.74) is 2.90. The van der Waals surface area contributed by atoms with Gasteiger partial charge in [-0.2, -0.15) is 0 Å². The van der Waals surface area contributed by atoms with Crippen molar-refractivity contribution in [2.75, 3.05) is 64.0 Å². The largest absolute Gasteiger partial charge is 0.459 e. The van der Waals surface area contributed by atoms with E-state index >= 15 is 9.59 Å². The molecule has 8 rings (SSSR count). The Morgan fingerprint density at radius 1 is 0.479 bits per heavy atom. The maximum atomic E-state index is 15.3. The summed E-state index contributed by atoms with van der Waals surface area (Å²) >= 11 is 0. The fraction of sp³-hybridized carbons (Fsp3) is 0.543. The van der Waals surface area contributed by atoms with Crippen LogP contribution < -0.4 is 32.1 Å². The zero-order valence-corrected chi connectivity index (χ0v) is 57.9. The molecule has 26 nitrogen and oxygen atoms in total. The summed E-state index contributed by atoms with van der Waals surface area (Å²) in [6, 6.07) is 19.7. The predicted molar refractivity (Wildman–Crippen MR) is 358 cm³/mol. The number of anilines is 2. The maximum absolute atomic E-state index is 15.3. The third-order valence-corrected chi connectivity index (χ3v) is 18.1. The van der Waals surface area contributed by atoms with Crippen molar-refractivity contribution in [3.63, 3.8) is 0 Å². The third-order valence-electron chi connectivity index (χ3n) is 18.1. The Balaban J connectivity index is 0.992. The molecule has 4 aliphatic heterocycles. The van der Waals surface area contributed by atoms with Gasteiger partial charge in [0.25, 0.3) is 11.8 Å². The number of rotatable bonds is 18. The quantitative estimate of drug-likeness (QED) is 0.0349. The van der Waals surface area contributed by atoms with Crippen molar-refractivity contribution in [3.05, 3.63) is 84.9 Å². The second-order valence-electron chi connectivity index (χ2n) is 29.4. The molecule has 6 N–H and O–H groups in total. The first kappa shape index (κ1) is 72.8. The first-order chi connectivity index (χ1) is 44.9. The van der Waals surface area contributed by atoms with Crippen LogP contribution in [-0.2, 0) is 67.0 Å². The lowest BCUT2D eigenvalue weighted by atomic mass is 9.84. The number of hydrogen-bond acceptors (Lipinski definition) is 16. The average Bonchev–Trinajstić information content (AvgIpc) is 1.59. The number of nitrogens with zero attached hydrogens (tertiary/aromatic N) is 6. The standard InChI is InChI=1S/C70H94N12O14/c1-39(65(93)95-69(9,10)11)61(89)81(71-15)55(67(3,4)5)63(91)77-33-31-49-53(77)45(57(85)75-47-29-21-25-41-23-17-19-27-43(41)47)37-79(49)51(83)35-73-59(87)60(88)74-36-52(84)80-38-46(58(86)76-48-30-22-26-42-24-18-20-28-44(42)48)54-50(80)32-34-78(54)64(92)56(68(6,7)8)82(72-16)62(90)40(2)66(94)96-70(12,13)14/h17-30,39-40,45-46,49-50,53-56,71-72H,31-38H2,1-16H3,(H,73,87)(H,74,88)(H,75,85)(H,76,86). The van der Waals surface area contributed by atoms with Crippen molar-refractivity contribution in [3.8, 4) is 0 Å². The van der Waals surface area contributed by atoms with Crippen LogP contribution in [0, 0.1) is 34.5 Å². The van der Waals surface area contributed by atoms with Gasteiger partial charge in [-0.05, 0) is 102 Å². The number of benzene rings is 4. The lowest BCUT2D eigenvalue weighted by Gasteiger charge is -2.42. The van der Waals surface area contributed by atoms with Gasteiger partial charge in [-0.25, -0.2) is 10.9 Å². The van der Waals surface area contributed by atoms with Gasteiger partial charge in [0.15, 0.2) is 0 Å². The molecule has 10 atom stereocenters. The summed E-state index contributed by atoms with van der Waals surface area (Å²) in [4.78, 5) is 177. The fourth-order valence-electron chi connectivity index (χ4n) is 13.7. The number of hydrogen-bond donors (Lipinski definition) is 6. The Hall–Kier alpha value is -9.04. The minimum atomic E-state index is -1.32. The van der Waals surface area contributed by atoms with Gasteiger partial charge in [0.05, 0.1) is 49.1 Å². The molecule has 518 valence electrons. The van der Waals surface area contributed by atoms with Crippen molar-refractivity contribution in [2.45, 2.75) is 157 Å². The summed E-state index contributed by atoms with van der Waals surface area (Å²) < 4.78 is 11.1. The number of nitrogens with one attached hydrogen (secondary N) is 6. The second kappa shape index (κ2) is 28.7. The summed E-state index contributed by atoms with van der Waals surface area (Å²) in [7, 11) is 2.91. The SMILES string of the molecule is CNN(C(=O)C(C)C(=O)OC(C)(C)C)C(C(=O)N1CCC2C1C(C(=O)Nc1cccc3ccccc13)CN2C(=O)CNC(=O)C(=O)NCC(=O)N1CC(C(=O)Nc2cccc3ccccc23)C2C1CCN2C(=O)C(N(NC)C(=O)C(C)C(=O)OC(C)(C)C)C(C)(C)C)C(C)(C)C. The molecule has 0 spiro atoms. The summed E-state index contributed by atoms with van der Waals surface area (Å²) in [5, 5.41) is 16.2. The number of carbonyl (C=O) groups excluding carboxylic acids is 12. The smallest absolute Gasteiger partial charge is 0.318 e. The number of hydrazine groups is 2. The molecule has 26 heteroatoms. The van der Waals surface area contributed by atoms with E-state index in [9.17, 15) is 47.9 Å². The van der Waals surface area contributed by atoms with E-state index in [4.69, 9.17) is 9.47 Å². The van der Waals surface area contributed by atoms with Gasteiger partial charge >= 0.3 is 23.8 Å². The summed E-state index contributed by atoms with van der Waals surface area (Å²) in [6.45, 7) is 21.6. The van der Waals surface area contributed by atoms with Crippen LogP contribution in [0.1, 0.15) is 110 Å². The van der Waals surface area contributed by atoms with Crippen molar-refractivity contribution < 1.29 is 67.0 Å². The van der Waals surface area contributed by atoms with Gasteiger partial charge in [-0.15, -0.1) is 0 Å². The van der Waals surface area contributed by atoms with Gasteiger partial charge in [-0.3, -0.25) is 67.6 Å². The van der Waals surface area contributed by atoms with E-state index in [1.165, 1.54) is 47.5 Å². The molecule has 0 aliphatic carbocycles. The molecule has 4 aromatic carbocycles. The second-order valence-corrected chi connectivity index (χ2v) is 29.4. The van der Waals surface area contributed by atoms with Crippen LogP contribution in [0.15, 0.2) is 84.9 Å². The molecule has 0 aromatic heterocycles. The number of esters is 2. The molecule has 96 heavy (non-hydrogen) atoms. The van der Waals surface area contributed by atoms with Gasteiger partial charge in [0, 0.05) is 62.4 Å². The minimum absolute atomic E-state index is 0.0471. The molecular weight excluding hydrogens is 1230 g/mol. The topological polar surface area (TPSA) is 315 Å². The van der Waals surface area contributed by atoms with E-state index in [0.29, 0.717) is 11.4 Å². The number of amides is 10. The number of ether oxygens (including phenoxy) is 2. The molecule has 0 saturated carbocycles. The molecule has 4 fully saturated rings. The van der Waals surface area contributed by atoms with Crippen LogP contribution in [0.5, 0.6) is 0 Å². The highest BCUT2D eigenvalue weighted by molar-refractivity contribution is 6.35. The molecule has 10 unspecified atom stereocenters. The van der Waals surface area contributed by atoms with Crippen LogP contribution in [0.4, 0.5) is 11.4 Å². The molecule has 4 heterocycles. The van der Waals surface area contributed by atoms with Gasteiger partial charge in [0.2, 0.25) is 35.4 Å². The third kappa shape index (κ3) is 15.8.